The first-order valence-electron chi connectivity index (χ1n) is 24.7. The second-order valence-corrected chi connectivity index (χ2v) is 19.0. The van der Waals surface area contributed by atoms with Crippen LogP contribution in [0.15, 0.2) is 102 Å². The van der Waals surface area contributed by atoms with Crippen LogP contribution in [0.5, 0.6) is 6.01 Å². The van der Waals surface area contributed by atoms with Gasteiger partial charge in [-0.1, -0.05) is 37.3 Å². The number of urea groups is 1. The molecule has 20 heteroatoms. The quantitative estimate of drug-likeness (QED) is 0.147. The number of benzene rings is 3. The zero-order chi connectivity index (χ0) is 50.7. The number of amides is 4. The van der Waals surface area contributed by atoms with E-state index in [4.69, 9.17) is 14.8 Å². The van der Waals surface area contributed by atoms with Gasteiger partial charge in [0, 0.05) is 95.4 Å². The largest absolute Gasteiger partial charge is 0.467 e. The van der Waals surface area contributed by atoms with E-state index >= 15 is 8.78 Å². The van der Waals surface area contributed by atoms with Crippen molar-refractivity contribution in [2.75, 3.05) is 79.1 Å². The molecule has 4 aliphatic rings. The molecule has 2 atom stereocenters. The number of rotatable bonds is 11. The van der Waals surface area contributed by atoms with E-state index in [-0.39, 0.29) is 36.7 Å². The first-order chi connectivity index (χ1) is 35.3. The molecule has 4 aliphatic heterocycles. The number of nitrogens with one attached hydrogen (secondary N) is 1. The third-order valence-corrected chi connectivity index (χ3v) is 14.9. The molecule has 73 heavy (non-hydrogen) atoms. The fourth-order valence-corrected chi connectivity index (χ4v) is 11.3. The van der Waals surface area contributed by atoms with Gasteiger partial charge in [0.1, 0.15) is 5.82 Å². The van der Waals surface area contributed by atoms with Gasteiger partial charge in [-0.2, -0.15) is 5.10 Å². The SMILES string of the molecule is CCc1c(-c2ccc(-n3c(OC)nn(C)c3=O)cc2-c2ccc(N3CC[C@@H](N4CCN(c5cccc6c(C7CCC(=O)NC7=O)nn(C)c56)CC4)C(F)(F)C3)cc2)ccnc1N1CCN(c2cccnc2)C1=O. The predicted octanol–water partition coefficient (Wildman–Crippen LogP) is 6.16. The molecule has 4 amide bonds. The molecule has 4 aromatic heterocycles. The van der Waals surface area contributed by atoms with Crippen LogP contribution in [0.2, 0.25) is 0 Å². The van der Waals surface area contributed by atoms with Crippen LogP contribution in [0, 0.1) is 0 Å². The lowest BCUT2D eigenvalue weighted by Gasteiger charge is -2.47. The van der Waals surface area contributed by atoms with Crippen molar-refractivity contribution >= 4 is 51.6 Å². The lowest BCUT2D eigenvalue weighted by molar-refractivity contribution is -0.134. The molecule has 18 nitrogen and oxygen atoms in total. The van der Waals surface area contributed by atoms with Crippen LogP contribution in [-0.2, 0) is 30.1 Å². The third kappa shape index (κ3) is 8.41. The maximum atomic E-state index is 16.5. The summed E-state index contributed by atoms with van der Waals surface area (Å²) in [5.41, 5.74) is 8.02. The standard InChI is InChI=1S/C53H55F2N13O5/c1-5-37-39(19-22-57-48(37)67-29-28-66(52(67)72)36-8-7-21-56-31-36)38-16-15-35(68-50(73-4)60-62(3)51(68)71)30-42(38)33-11-13-34(14-12-33)65-23-20-44(53(54,55)32-65)64-26-24-63(25-27-64)43-10-6-9-40-46(59-61(2)47(40)43)41-17-18-45(69)58-49(41)70/h6-16,19,21-22,30-31,41,44H,5,17-18,20,23-29,32H2,1-4H3,(H,58,69,70)/t41?,44-/m1/s1. The number of imide groups is 1. The number of carbonyl (C=O) groups excluding carboxylic acids is 3. The van der Waals surface area contributed by atoms with Gasteiger partial charge in [0.25, 0.3) is 5.92 Å². The topological polar surface area (TPSA) is 172 Å². The summed E-state index contributed by atoms with van der Waals surface area (Å²) in [5, 5.41) is 12.3. The number of hydrogen-bond acceptors (Lipinski definition) is 12. The van der Waals surface area contributed by atoms with Gasteiger partial charge in [0.15, 0.2) is 0 Å². The molecule has 0 radical (unpaired) electrons. The Hall–Kier alpha value is -8.00. The average Bonchev–Trinajstić information content (AvgIpc) is 4.06. The first kappa shape index (κ1) is 47.3. The molecule has 7 aromatic rings. The number of fused-ring (bicyclic) bond motifs is 1. The van der Waals surface area contributed by atoms with Crippen LogP contribution < -0.4 is 35.3 Å². The molecule has 0 bridgehead atoms. The van der Waals surface area contributed by atoms with Crippen LogP contribution in [0.4, 0.5) is 36.5 Å². The number of ether oxygens (including phenoxy) is 1. The Morgan fingerprint density at radius 2 is 1.53 bits per heavy atom. The summed E-state index contributed by atoms with van der Waals surface area (Å²) in [4.78, 5) is 70.3. The number of pyridine rings is 2. The minimum atomic E-state index is -3.00. The monoisotopic (exact) mass is 991 g/mol. The van der Waals surface area contributed by atoms with Crippen LogP contribution in [0.3, 0.4) is 0 Å². The van der Waals surface area contributed by atoms with Crippen molar-refractivity contribution in [1.82, 2.24) is 44.3 Å². The summed E-state index contributed by atoms with van der Waals surface area (Å²) in [6.07, 6.45) is 6.53. The molecule has 1 unspecified atom stereocenters. The number of piperidine rings is 2. The maximum absolute atomic E-state index is 16.5. The fraction of sp³-hybridized carbons (Fsp3) is 0.358. The van der Waals surface area contributed by atoms with Gasteiger partial charge in [0.2, 0.25) is 11.8 Å². The van der Waals surface area contributed by atoms with E-state index < -0.39 is 30.1 Å². The molecular weight excluding hydrogens is 937 g/mol. The van der Waals surface area contributed by atoms with Gasteiger partial charge in [-0.25, -0.2) is 32.6 Å². The first-order valence-corrected chi connectivity index (χ1v) is 24.7. The van der Waals surface area contributed by atoms with Crippen LogP contribution in [-0.4, -0.2) is 128 Å². The molecule has 0 saturated carbocycles. The Balaban J connectivity index is 0.835. The Morgan fingerprint density at radius 1 is 0.753 bits per heavy atom. The van der Waals surface area contributed by atoms with Crippen LogP contribution >= 0.6 is 0 Å². The smallest absolute Gasteiger partial charge is 0.353 e. The Kier molecular flexibility index (Phi) is 12.2. The summed E-state index contributed by atoms with van der Waals surface area (Å²) in [5.74, 6) is -3.59. The van der Waals surface area contributed by atoms with Crippen molar-refractivity contribution in [3.8, 4) is 34.0 Å². The number of para-hydroxylation sites is 1. The summed E-state index contributed by atoms with van der Waals surface area (Å²) in [6.45, 7) is 4.93. The number of anilines is 4. The highest BCUT2D eigenvalue weighted by Gasteiger charge is 2.48. The second kappa shape index (κ2) is 18.9. The molecule has 4 saturated heterocycles. The van der Waals surface area contributed by atoms with E-state index in [1.54, 1.807) is 51.1 Å². The van der Waals surface area contributed by atoms with E-state index in [9.17, 15) is 19.2 Å². The molecule has 11 rings (SSSR count). The number of halogens is 2. The summed E-state index contributed by atoms with van der Waals surface area (Å²) in [6, 6.07) is 23.7. The highest BCUT2D eigenvalue weighted by atomic mass is 19.3. The van der Waals surface area contributed by atoms with Crippen molar-refractivity contribution in [2.24, 2.45) is 14.1 Å². The molecule has 1 N–H and O–H groups in total. The minimum absolute atomic E-state index is 0.114. The zero-order valence-corrected chi connectivity index (χ0v) is 41.0. The van der Waals surface area contributed by atoms with Gasteiger partial charge < -0.3 is 14.5 Å². The van der Waals surface area contributed by atoms with E-state index in [0.29, 0.717) is 87.2 Å². The van der Waals surface area contributed by atoms with Crippen molar-refractivity contribution in [3.05, 3.63) is 119 Å². The number of aryl methyl sites for hydroxylation is 2. The Bertz CT molecular complexity index is 3330. The lowest BCUT2D eigenvalue weighted by Crippen LogP contribution is -2.62. The van der Waals surface area contributed by atoms with Crippen molar-refractivity contribution in [1.29, 1.82) is 0 Å². The molecule has 3 aromatic carbocycles. The molecule has 0 aliphatic carbocycles. The highest BCUT2D eigenvalue weighted by molar-refractivity contribution is 6.07. The van der Waals surface area contributed by atoms with Gasteiger partial charge in [-0.3, -0.25) is 39.3 Å². The molecule has 8 heterocycles. The number of carbonyl (C=O) groups is 3. The fourth-order valence-electron chi connectivity index (χ4n) is 11.3. The second-order valence-electron chi connectivity index (χ2n) is 19.0. The van der Waals surface area contributed by atoms with Gasteiger partial charge in [0.05, 0.1) is 60.1 Å². The normalized spacial score (nSPS) is 19.6. The van der Waals surface area contributed by atoms with Crippen LogP contribution in [0.25, 0.3) is 38.8 Å². The van der Waals surface area contributed by atoms with Crippen molar-refractivity contribution < 1.29 is 27.9 Å². The molecule has 0 spiro atoms. The number of alkyl halides is 2. The number of piperazine rings is 1. The van der Waals surface area contributed by atoms with Gasteiger partial charge in [-0.15, -0.1) is 5.10 Å². The Labute approximate surface area is 419 Å². The van der Waals surface area contributed by atoms with E-state index in [1.165, 1.54) is 16.4 Å². The Morgan fingerprint density at radius 3 is 2.26 bits per heavy atom. The summed E-state index contributed by atoms with van der Waals surface area (Å²) in [7, 11) is 4.85. The average molecular weight is 992 g/mol. The zero-order valence-electron chi connectivity index (χ0n) is 41.0. The number of nitrogens with zero attached hydrogens (tertiary/aromatic N) is 12. The van der Waals surface area contributed by atoms with E-state index in [2.05, 4.69) is 20.3 Å². The molecule has 4 fully saturated rings. The lowest BCUT2D eigenvalue weighted by atomic mass is 9.90. The number of methoxy groups -OCH3 is 1. The van der Waals surface area contributed by atoms with Gasteiger partial charge in [-0.05, 0) is 90.0 Å². The molecular formula is C53H55F2N13O5. The van der Waals surface area contributed by atoms with Crippen LogP contribution in [0.1, 0.15) is 43.4 Å². The van der Waals surface area contributed by atoms with E-state index in [0.717, 1.165) is 44.4 Å². The highest BCUT2D eigenvalue weighted by Crippen LogP contribution is 2.42. The van der Waals surface area contributed by atoms with E-state index in [1.807, 2.05) is 91.7 Å². The summed E-state index contributed by atoms with van der Waals surface area (Å²) >= 11 is 0. The summed E-state index contributed by atoms with van der Waals surface area (Å²) < 4.78 is 42.9. The predicted molar refractivity (Wildman–Crippen MR) is 273 cm³/mol. The molecule has 376 valence electrons. The van der Waals surface area contributed by atoms with Gasteiger partial charge >= 0.3 is 17.7 Å². The maximum Gasteiger partial charge on any atom is 0.353 e. The number of hydrogen-bond donors (Lipinski definition) is 1. The third-order valence-electron chi connectivity index (χ3n) is 14.9. The van der Waals surface area contributed by atoms with Crippen molar-refractivity contribution in [3.63, 3.8) is 0 Å². The number of aromatic nitrogens is 7. The minimum Gasteiger partial charge on any atom is -0.467 e. The van der Waals surface area contributed by atoms with Crippen molar-refractivity contribution in [2.45, 2.75) is 50.5 Å².